The van der Waals surface area contributed by atoms with E-state index in [0.29, 0.717) is 0 Å². The minimum Gasteiger partial charge on any atom is -0.258 e. The van der Waals surface area contributed by atoms with Gasteiger partial charge in [-0.05, 0) is 17.5 Å². The van der Waals surface area contributed by atoms with Crippen LogP contribution in [0.1, 0.15) is 4.88 Å². The van der Waals surface area contributed by atoms with Crippen molar-refractivity contribution < 1.29 is 4.92 Å². The fourth-order valence-electron chi connectivity index (χ4n) is 1.27. The molecule has 70 valence electrons. The van der Waals surface area contributed by atoms with Crippen molar-refractivity contribution in [3.63, 3.8) is 0 Å². The number of hydrogen-bond acceptors (Lipinski definition) is 3. The first kappa shape index (κ1) is 8.90. The highest BCUT2D eigenvalue weighted by Gasteiger charge is 2.07. The molecular formula is C10H7NO2S. The molecule has 1 aromatic carbocycles. The average molecular weight is 205 g/mol. The van der Waals surface area contributed by atoms with Crippen molar-refractivity contribution in [2.24, 2.45) is 0 Å². The lowest BCUT2D eigenvalue weighted by Crippen LogP contribution is -1.85. The lowest BCUT2D eigenvalue weighted by molar-refractivity contribution is -0.384. The molecule has 2 aromatic rings. The molecule has 0 radical (unpaired) electrons. The van der Waals surface area contributed by atoms with Gasteiger partial charge in [-0.1, -0.05) is 12.7 Å². The predicted molar refractivity (Wildman–Crippen MR) is 58.6 cm³/mol. The van der Waals surface area contributed by atoms with Gasteiger partial charge in [0.15, 0.2) is 0 Å². The second-order valence-corrected chi connectivity index (χ2v) is 3.95. The molecule has 0 atom stereocenters. The summed E-state index contributed by atoms with van der Waals surface area (Å²) in [7, 11) is 0. The van der Waals surface area contributed by atoms with Crippen LogP contribution < -0.4 is 0 Å². The topological polar surface area (TPSA) is 43.1 Å². The fraction of sp³-hybridized carbons (Fsp3) is 0. The van der Waals surface area contributed by atoms with E-state index in [4.69, 9.17) is 0 Å². The third-order valence-electron chi connectivity index (χ3n) is 1.93. The van der Waals surface area contributed by atoms with E-state index in [1.165, 1.54) is 6.07 Å². The SMILES string of the molecule is C=Cc1cc2cc([N+](=O)[O-])ccc2s1. The van der Waals surface area contributed by atoms with E-state index in [9.17, 15) is 10.1 Å². The molecule has 14 heavy (non-hydrogen) atoms. The molecule has 3 nitrogen and oxygen atoms in total. The summed E-state index contributed by atoms with van der Waals surface area (Å²) in [6, 6.07) is 6.77. The maximum Gasteiger partial charge on any atom is 0.270 e. The maximum atomic E-state index is 10.5. The Labute approximate surface area is 84.4 Å². The first-order valence-corrected chi connectivity index (χ1v) is 4.83. The van der Waals surface area contributed by atoms with Crippen molar-refractivity contribution in [2.45, 2.75) is 0 Å². The normalized spacial score (nSPS) is 10.3. The third kappa shape index (κ3) is 1.40. The van der Waals surface area contributed by atoms with E-state index >= 15 is 0 Å². The van der Waals surface area contributed by atoms with Gasteiger partial charge in [-0.2, -0.15) is 0 Å². The number of fused-ring (bicyclic) bond motifs is 1. The van der Waals surface area contributed by atoms with Crippen molar-refractivity contribution in [3.05, 3.63) is 45.8 Å². The van der Waals surface area contributed by atoms with Crippen LogP contribution in [-0.4, -0.2) is 4.92 Å². The van der Waals surface area contributed by atoms with E-state index in [-0.39, 0.29) is 10.6 Å². The van der Waals surface area contributed by atoms with Gasteiger partial charge in [0.1, 0.15) is 0 Å². The van der Waals surface area contributed by atoms with Gasteiger partial charge in [0.2, 0.25) is 0 Å². The summed E-state index contributed by atoms with van der Waals surface area (Å²) >= 11 is 1.58. The van der Waals surface area contributed by atoms with Gasteiger partial charge in [0.25, 0.3) is 5.69 Å². The molecule has 0 spiro atoms. The zero-order valence-electron chi connectivity index (χ0n) is 7.27. The highest BCUT2D eigenvalue weighted by Crippen LogP contribution is 2.29. The van der Waals surface area contributed by atoms with E-state index < -0.39 is 0 Å². The van der Waals surface area contributed by atoms with Crippen LogP contribution in [0.3, 0.4) is 0 Å². The summed E-state index contributed by atoms with van der Waals surface area (Å²) < 4.78 is 1.05. The molecule has 0 N–H and O–H groups in total. The lowest BCUT2D eigenvalue weighted by atomic mass is 10.2. The van der Waals surface area contributed by atoms with Gasteiger partial charge in [-0.25, -0.2) is 0 Å². The van der Waals surface area contributed by atoms with Crippen molar-refractivity contribution in [3.8, 4) is 0 Å². The number of non-ortho nitro benzene ring substituents is 1. The Hall–Kier alpha value is -1.68. The summed E-state index contributed by atoms with van der Waals surface area (Å²) in [4.78, 5) is 11.2. The first-order valence-electron chi connectivity index (χ1n) is 4.01. The molecule has 0 aliphatic carbocycles. The van der Waals surface area contributed by atoms with Crippen LogP contribution in [0.15, 0.2) is 30.8 Å². The summed E-state index contributed by atoms with van der Waals surface area (Å²) in [6.45, 7) is 3.66. The number of nitrogens with zero attached hydrogens (tertiary/aromatic N) is 1. The van der Waals surface area contributed by atoms with Crippen LogP contribution in [-0.2, 0) is 0 Å². The molecular weight excluding hydrogens is 198 g/mol. The Morgan fingerprint density at radius 3 is 2.86 bits per heavy atom. The predicted octanol–water partition coefficient (Wildman–Crippen LogP) is 3.45. The van der Waals surface area contributed by atoms with Crippen LogP contribution in [0, 0.1) is 10.1 Å². The number of benzene rings is 1. The van der Waals surface area contributed by atoms with Gasteiger partial charge in [-0.3, -0.25) is 10.1 Å². The summed E-state index contributed by atoms with van der Waals surface area (Å²) in [5.74, 6) is 0. The van der Waals surface area contributed by atoms with E-state index in [1.807, 2.05) is 6.07 Å². The van der Waals surface area contributed by atoms with Crippen LogP contribution in [0.4, 0.5) is 5.69 Å². The highest BCUT2D eigenvalue weighted by molar-refractivity contribution is 7.19. The number of rotatable bonds is 2. The maximum absolute atomic E-state index is 10.5. The molecule has 1 heterocycles. The molecule has 4 heteroatoms. The zero-order valence-corrected chi connectivity index (χ0v) is 8.08. The molecule has 0 aliphatic rings. The Kier molecular flexibility index (Phi) is 2.05. The molecule has 0 saturated carbocycles. The number of thiophene rings is 1. The van der Waals surface area contributed by atoms with E-state index in [1.54, 1.807) is 29.5 Å². The molecule has 0 unspecified atom stereocenters. The first-order chi connectivity index (χ1) is 6.70. The van der Waals surface area contributed by atoms with Crippen LogP contribution in [0.5, 0.6) is 0 Å². The third-order valence-corrected chi connectivity index (χ3v) is 3.04. The highest BCUT2D eigenvalue weighted by atomic mass is 32.1. The quantitative estimate of drug-likeness (QED) is 0.556. The minimum atomic E-state index is -0.384. The van der Waals surface area contributed by atoms with Gasteiger partial charge >= 0.3 is 0 Å². The minimum absolute atomic E-state index is 0.130. The molecule has 0 bridgehead atoms. The number of nitro groups is 1. The van der Waals surface area contributed by atoms with Gasteiger partial charge in [0.05, 0.1) is 4.92 Å². The molecule has 0 amide bonds. The van der Waals surface area contributed by atoms with Gasteiger partial charge in [-0.15, -0.1) is 11.3 Å². The van der Waals surface area contributed by atoms with Crippen molar-refractivity contribution >= 4 is 33.2 Å². The second kappa shape index (κ2) is 3.23. The zero-order chi connectivity index (χ0) is 10.1. The van der Waals surface area contributed by atoms with Crippen molar-refractivity contribution in [1.29, 1.82) is 0 Å². The van der Waals surface area contributed by atoms with Crippen LogP contribution in [0.2, 0.25) is 0 Å². The van der Waals surface area contributed by atoms with Crippen LogP contribution >= 0.6 is 11.3 Å². The van der Waals surface area contributed by atoms with Gasteiger partial charge in [0, 0.05) is 21.7 Å². The summed E-state index contributed by atoms with van der Waals surface area (Å²) in [6.07, 6.45) is 1.75. The smallest absolute Gasteiger partial charge is 0.258 e. The molecule has 1 aromatic heterocycles. The molecule has 0 aliphatic heterocycles. The monoisotopic (exact) mass is 205 g/mol. The molecule has 0 saturated heterocycles. The van der Waals surface area contributed by atoms with Gasteiger partial charge < -0.3 is 0 Å². The van der Waals surface area contributed by atoms with E-state index in [0.717, 1.165) is 15.0 Å². The Morgan fingerprint density at radius 2 is 2.21 bits per heavy atom. The van der Waals surface area contributed by atoms with Crippen molar-refractivity contribution in [1.82, 2.24) is 0 Å². The second-order valence-electron chi connectivity index (χ2n) is 2.83. The Morgan fingerprint density at radius 1 is 1.43 bits per heavy atom. The van der Waals surface area contributed by atoms with Crippen molar-refractivity contribution in [2.75, 3.05) is 0 Å². The average Bonchev–Trinajstić information content (AvgIpc) is 2.58. The Balaban J connectivity index is 2.65. The standard InChI is InChI=1S/C10H7NO2S/c1-2-9-6-7-5-8(11(12)13)3-4-10(7)14-9/h2-6H,1H2. The fourth-order valence-corrected chi connectivity index (χ4v) is 2.16. The van der Waals surface area contributed by atoms with E-state index in [2.05, 4.69) is 6.58 Å². The summed E-state index contributed by atoms with van der Waals surface area (Å²) in [5, 5.41) is 11.4. The molecule has 0 fully saturated rings. The number of nitro benzene ring substituents is 1. The largest absolute Gasteiger partial charge is 0.270 e. The molecule has 2 rings (SSSR count). The Bertz CT molecular complexity index is 516. The lowest BCUT2D eigenvalue weighted by Gasteiger charge is -1.89. The number of hydrogen-bond donors (Lipinski definition) is 0. The summed E-state index contributed by atoms with van der Waals surface area (Å²) in [5.41, 5.74) is 0.130. The van der Waals surface area contributed by atoms with Crippen LogP contribution in [0.25, 0.3) is 16.2 Å².